The summed E-state index contributed by atoms with van der Waals surface area (Å²) in [7, 11) is 0. The van der Waals surface area contributed by atoms with E-state index in [0.717, 1.165) is 12.1 Å². The molecular weight excluding hydrogens is 240 g/mol. The molecule has 1 atom stereocenters. The Bertz CT molecular complexity index is 421. The van der Waals surface area contributed by atoms with Gasteiger partial charge in [0.15, 0.2) is 11.6 Å². The molecule has 1 unspecified atom stereocenters. The third-order valence-corrected chi connectivity index (χ3v) is 2.24. The molecule has 0 aliphatic rings. The molecule has 1 rings (SSSR count). The minimum absolute atomic E-state index is 0.207. The Morgan fingerprint density at radius 1 is 1.28 bits per heavy atom. The van der Waals surface area contributed by atoms with E-state index >= 15 is 0 Å². The molecule has 0 aromatic heterocycles. The fourth-order valence-corrected chi connectivity index (χ4v) is 1.23. The summed E-state index contributed by atoms with van der Waals surface area (Å²) >= 11 is 0. The topological polar surface area (TPSA) is 38.3 Å². The first-order valence-electron chi connectivity index (χ1n) is 5.77. The smallest absolute Gasteiger partial charge is 0.253 e. The fourth-order valence-electron chi connectivity index (χ4n) is 1.23. The molecule has 0 saturated heterocycles. The van der Waals surface area contributed by atoms with E-state index in [1.807, 2.05) is 13.8 Å². The summed E-state index contributed by atoms with van der Waals surface area (Å²) in [4.78, 5) is 11.7. The van der Waals surface area contributed by atoms with Crippen LogP contribution in [-0.4, -0.2) is 18.6 Å². The predicted molar refractivity (Wildman–Crippen MR) is 65.2 cm³/mol. The van der Waals surface area contributed by atoms with Crippen LogP contribution in [0, 0.1) is 17.6 Å². The van der Waals surface area contributed by atoms with Crippen molar-refractivity contribution >= 4 is 11.6 Å². The number of hydrogen-bond acceptors (Lipinski definition) is 2. The monoisotopic (exact) mass is 257 g/mol. The predicted octanol–water partition coefficient (Wildman–Crippen LogP) is 2.96. The Balaban J connectivity index is 2.55. The Kier molecular flexibility index (Phi) is 5.22. The maximum Gasteiger partial charge on any atom is 0.253 e. The van der Waals surface area contributed by atoms with E-state index in [2.05, 4.69) is 5.32 Å². The summed E-state index contributed by atoms with van der Waals surface area (Å²) < 4.78 is 30.9. The summed E-state index contributed by atoms with van der Waals surface area (Å²) in [6.45, 7) is 6.02. The fraction of sp³-hybridized carbons (Fsp3) is 0.462. The van der Waals surface area contributed by atoms with Gasteiger partial charge in [-0.15, -0.1) is 0 Å². The van der Waals surface area contributed by atoms with E-state index in [9.17, 15) is 13.6 Å². The number of carbonyl (C=O) groups is 1. The van der Waals surface area contributed by atoms with Gasteiger partial charge in [0.1, 0.15) is 6.10 Å². The zero-order valence-corrected chi connectivity index (χ0v) is 10.7. The van der Waals surface area contributed by atoms with Gasteiger partial charge in [0.25, 0.3) is 5.91 Å². The lowest BCUT2D eigenvalue weighted by Crippen LogP contribution is -2.28. The average molecular weight is 257 g/mol. The first kappa shape index (κ1) is 14.6. The minimum atomic E-state index is -0.997. The van der Waals surface area contributed by atoms with Crippen molar-refractivity contribution in [3.05, 3.63) is 29.8 Å². The quantitative estimate of drug-likeness (QED) is 0.880. The summed E-state index contributed by atoms with van der Waals surface area (Å²) in [5.74, 6) is -2.01. The van der Waals surface area contributed by atoms with Gasteiger partial charge in [0.2, 0.25) is 0 Å². The van der Waals surface area contributed by atoms with E-state index in [4.69, 9.17) is 4.74 Å². The van der Waals surface area contributed by atoms with Gasteiger partial charge in [-0.05, 0) is 25.0 Å². The van der Waals surface area contributed by atoms with Crippen molar-refractivity contribution in [2.45, 2.75) is 26.9 Å². The van der Waals surface area contributed by atoms with Gasteiger partial charge in [0, 0.05) is 18.4 Å². The Morgan fingerprint density at radius 3 is 2.50 bits per heavy atom. The first-order chi connectivity index (χ1) is 8.40. The number of amides is 1. The Morgan fingerprint density at radius 2 is 1.94 bits per heavy atom. The molecule has 0 saturated carbocycles. The lowest BCUT2D eigenvalue weighted by Gasteiger charge is -2.14. The molecule has 0 heterocycles. The highest BCUT2D eigenvalue weighted by Gasteiger charge is 2.14. The van der Waals surface area contributed by atoms with Crippen LogP contribution in [0.15, 0.2) is 18.2 Å². The van der Waals surface area contributed by atoms with Crippen LogP contribution in [-0.2, 0) is 9.53 Å². The van der Waals surface area contributed by atoms with Crippen LogP contribution in [0.3, 0.4) is 0 Å². The maximum atomic E-state index is 12.9. The van der Waals surface area contributed by atoms with E-state index in [1.54, 1.807) is 6.92 Å². The van der Waals surface area contributed by atoms with Crippen LogP contribution in [0.1, 0.15) is 20.8 Å². The van der Waals surface area contributed by atoms with Crippen LogP contribution in [0.5, 0.6) is 0 Å². The van der Waals surface area contributed by atoms with Gasteiger partial charge in [-0.25, -0.2) is 8.78 Å². The minimum Gasteiger partial charge on any atom is -0.368 e. The molecule has 3 nitrogen and oxygen atoms in total. The maximum absolute atomic E-state index is 12.9. The molecule has 0 radical (unpaired) electrons. The molecule has 1 aromatic carbocycles. The van der Waals surface area contributed by atoms with Crippen molar-refractivity contribution in [2.24, 2.45) is 5.92 Å². The zero-order chi connectivity index (χ0) is 13.7. The molecule has 18 heavy (non-hydrogen) atoms. The Labute approximate surface area is 105 Å². The second kappa shape index (κ2) is 6.44. The summed E-state index contributed by atoms with van der Waals surface area (Å²) in [6, 6.07) is 3.19. The summed E-state index contributed by atoms with van der Waals surface area (Å²) in [6.07, 6.45) is -0.638. The average Bonchev–Trinajstić information content (AvgIpc) is 2.30. The number of hydrogen-bond donors (Lipinski definition) is 1. The van der Waals surface area contributed by atoms with Gasteiger partial charge >= 0.3 is 0 Å². The van der Waals surface area contributed by atoms with Crippen LogP contribution in [0.2, 0.25) is 0 Å². The number of anilines is 1. The zero-order valence-electron chi connectivity index (χ0n) is 10.7. The third-order valence-electron chi connectivity index (χ3n) is 2.24. The molecule has 1 N–H and O–H groups in total. The van der Waals surface area contributed by atoms with Crippen molar-refractivity contribution in [2.75, 3.05) is 11.9 Å². The van der Waals surface area contributed by atoms with Gasteiger partial charge in [-0.2, -0.15) is 0 Å². The van der Waals surface area contributed by atoms with E-state index in [0.29, 0.717) is 12.5 Å². The van der Waals surface area contributed by atoms with Gasteiger partial charge in [-0.1, -0.05) is 13.8 Å². The standard InChI is InChI=1S/C13H17F2NO2/c1-8(2)7-18-9(3)13(17)16-10-4-5-11(14)12(15)6-10/h4-6,8-9H,7H2,1-3H3,(H,16,17). The molecule has 0 fully saturated rings. The van der Waals surface area contributed by atoms with E-state index < -0.39 is 17.7 Å². The number of carbonyl (C=O) groups excluding carboxylic acids is 1. The third kappa shape index (κ3) is 4.41. The normalized spacial score (nSPS) is 12.6. The largest absolute Gasteiger partial charge is 0.368 e. The van der Waals surface area contributed by atoms with Crippen molar-refractivity contribution < 1.29 is 18.3 Å². The van der Waals surface area contributed by atoms with Crippen molar-refractivity contribution in [3.63, 3.8) is 0 Å². The number of ether oxygens (including phenoxy) is 1. The molecular formula is C13H17F2NO2. The number of benzene rings is 1. The van der Waals surface area contributed by atoms with Crippen LogP contribution >= 0.6 is 0 Å². The second-order valence-corrected chi connectivity index (χ2v) is 4.49. The van der Waals surface area contributed by atoms with Crippen LogP contribution < -0.4 is 5.32 Å². The van der Waals surface area contributed by atoms with Crippen molar-refractivity contribution in [3.8, 4) is 0 Å². The van der Waals surface area contributed by atoms with Crippen LogP contribution in [0.4, 0.5) is 14.5 Å². The summed E-state index contributed by atoms with van der Waals surface area (Å²) in [5.41, 5.74) is 0.207. The molecule has 0 bridgehead atoms. The summed E-state index contributed by atoms with van der Waals surface area (Å²) in [5, 5.41) is 2.46. The lowest BCUT2D eigenvalue weighted by molar-refractivity contribution is -0.126. The number of nitrogens with one attached hydrogen (secondary N) is 1. The molecule has 5 heteroatoms. The van der Waals surface area contributed by atoms with Crippen molar-refractivity contribution in [1.82, 2.24) is 0 Å². The number of halogens is 2. The Hall–Kier alpha value is -1.49. The second-order valence-electron chi connectivity index (χ2n) is 4.49. The van der Waals surface area contributed by atoms with Crippen molar-refractivity contribution in [1.29, 1.82) is 0 Å². The highest BCUT2D eigenvalue weighted by molar-refractivity contribution is 5.93. The molecule has 1 amide bonds. The molecule has 0 aliphatic carbocycles. The van der Waals surface area contributed by atoms with Gasteiger partial charge < -0.3 is 10.1 Å². The van der Waals surface area contributed by atoms with Crippen LogP contribution in [0.25, 0.3) is 0 Å². The highest BCUT2D eigenvalue weighted by atomic mass is 19.2. The number of rotatable bonds is 5. The van der Waals surface area contributed by atoms with Gasteiger partial charge in [-0.3, -0.25) is 4.79 Å². The van der Waals surface area contributed by atoms with Gasteiger partial charge in [0.05, 0.1) is 0 Å². The SMILES string of the molecule is CC(C)COC(C)C(=O)Nc1ccc(F)c(F)c1. The molecule has 1 aromatic rings. The molecule has 0 spiro atoms. The molecule has 0 aliphatic heterocycles. The molecule has 100 valence electrons. The highest BCUT2D eigenvalue weighted by Crippen LogP contribution is 2.13. The van der Waals surface area contributed by atoms with E-state index in [-0.39, 0.29) is 11.6 Å². The first-order valence-corrected chi connectivity index (χ1v) is 5.77. The van der Waals surface area contributed by atoms with E-state index in [1.165, 1.54) is 6.07 Å². The lowest BCUT2D eigenvalue weighted by atomic mass is 10.2.